The van der Waals surface area contributed by atoms with Crippen molar-refractivity contribution in [2.75, 3.05) is 16.3 Å². The van der Waals surface area contributed by atoms with E-state index in [4.69, 9.17) is 0 Å². The third-order valence-corrected chi connectivity index (χ3v) is 9.18. The van der Waals surface area contributed by atoms with Gasteiger partial charge in [-0.1, -0.05) is 72.8 Å². The van der Waals surface area contributed by atoms with E-state index >= 15 is 0 Å². The standard InChI is InChI=1S/C32H31N4O5P/c37-31(34(24-13-5-1-6-14-24)25-15-7-2-8-16-25)33-23-28-21-22-29(30(33)42(39,40)41)36(28)32(38)35(26-17-9-3-10-18-26)27-19-11-4-12-20-27/h1-20,28-30H,21-23H2,(H2,39,40,41)/t28-,29+,30+/m0/s1. The van der Waals surface area contributed by atoms with Gasteiger partial charge < -0.3 is 19.6 Å². The van der Waals surface area contributed by atoms with Gasteiger partial charge in [0, 0.05) is 6.54 Å². The van der Waals surface area contributed by atoms with E-state index in [2.05, 4.69) is 0 Å². The number of carbonyl (C=O) groups excluding carboxylic acids is 2. The van der Waals surface area contributed by atoms with Gasteiger partial charge in [-0.2, -0.15) is 0 Å². The Labute approximate surface area is 244 Å². The summed E-state index contributed by atoms with van der Waals surface area (Å²) in [7, 11) is -4.91. The van der Waals surface area contributed by atoms with Crippen LogP contribution in [-0.4, -0.2) is 56.1 Å². The summed E-state index contributed by atoms with van der Waals surface area (Å²) in [6.45, 7) is -0.00949. The van der Waals surface area contributed by atoms with Crippen molar-refractivity contribution in [3.05, 3.63) is 121 Å². The van der Waals surface area contributed by atoms with Gasteiger partial charge in [-0.25, -0.2) is 9.59 Å². The van der Waals surface area contributed by atoms with Crippen LogP contribution in [0.3, 0.4) is 0 Å². The third-order valence-electron chi connectivity index (χ3n) is 7.87. The van der Waals surface area contributed by atoms with E-state index in [-0.39, 0.29) is 12.6 Å². The smallest absolute Gasteiger partial charge is 0.323 e. The molecule has 0 aliphatic carbocycles. The minimum Gasteiger partial charge on any atom is -0.323 e. The van der Waals surface area contributed by atoms with Crippen LogP contribution in [0.1, 0.15) is 12.8 Å². The van der Waals surface area contributed by atoms with Crippen molar-refractivity contribution in [2.45, 2.75) is 30.7 Å². The first-order valence-corrected chi connectivity index (χ1v) is 15.5. The SMILES string of the molecule is O=C(N(c1ccccc1)c1ccccc1)N1C[C@@H]2CC[C@H]([C@H]1P(=O)(O)O)N2C(=O)N(c1ccccc1)c1ccccc1. The summed E-state index contributed by atoms with van der Waals surface area (Å²) < 4.78 is 13.2. The Morgan fingerprint density at radius 3 is 1.38 bits per heavy atom. The second-order valence-corrected chi connectivity index (χ2v) is 12.1. The lowest BCUT2D eigenvalue weighted by Crippen LogP contribution is -2.65. The number of rotatable bonds is 5. The molecule has 214 valence electrons. The number of hydrogen-bond donors (Lipinski definition) is 2. The fourth-order valence-electron chi connectivity index (χ4n) is 6.11. The number of para-hydroxylation sites is 4. The van der Waals surface area contributed by atoms with Crippen molar-refractivity contribution in [2.24, 2.45) is 0 Å². The number of hydrogen-bond acceptors (Lipinski definition) is 3. The number of nitrogens with zero attached hydrogens (tertiary/aromatic N) is 4. The van der Waals surface area contributed by atoms with Crippen molar-refractivity contribution in [3.8, 4) is 0 Å². The number of benzene rings is 4. The average Bonchev–Trinajstić information content (AvgIpc) is 3.30. The monoisotopic (exact) mass is 582 g/mol. The zero-order valence-corrected chi connectivity index (χ0v) is 23.7. The molecule has 4 aromatic carbocycles. The van der Waals surface area contributed by atoms with Gasteiger partial charge in [-0.15, -0.1) is 0 Å². The zero-order chi connectivity index (χ0) is 29.3. The second kappa shape index (κ2) is 11.4. The number of carbonyl (C=O) groups is 2. The predicted molar refractivity (Wildman–Crippen MR) is 162 cm³/mol. The number of likely N-dealkylation sites (tertiary alicyclic amines) is 1. The van der Waals surface area contributed by atoms with Crippen LogP contribution in [0.25, 0.3) is 0 Å². The highest BCUT2D eigenvalue weighted by atomic mass is 31.2. The van der Waals surface area contributed by atoms with E-state index in [9.17, 15) is 23.9 Å². The average molecular weight is 583 g/mol. The van der Waals surface area contributed by atoms with Gasteiger partial charge in [0.1, 0.15) is 0 Å². The van der Waals surface area contributed by atoms with Crippen LogP contribution in [0, 0.1) is 0 Å². The molecule has 0 unspecified atom stereocenters. The third kappa shape index (κ3) is 5.18. The quantitative estimate of drug-likeness (QED) is 0.260. The van der Waals surface area contributed by atoms with Gasteiger partial charge in [0.2, 0.25) is 0 Å². The normalized spacial score (nSPS) is 19.8. The molecule has 4 aromatic rings. The molecule has 10 heteroatoms. The summed E-state index contributed by atoms with van der Waals surface area (Å²) in [5.41, 5.74) is 2.42. The van der Waals surface area contributed by atoms with E-state index in [0.29, 0.717) is 35.6 Å². The number of urea groups is 2. The molecular weight excluding hydrogens is 551 g/mol. The summed E-state index contributed by atoms with van der Waals surface area (Å²) in [5.74, 6) is -1.50. The minimum absolute atomic E-state index is 0.00949. The van der Waals surface area contributed by atoms with Crippen molar-refractivity contribution in [1.29, 1.82) is 0 Å². The van der Waals surface area contributed by atoms with Crippen LogP contribution >= 0.6 is 7.60 Å². The molecule has 4 amide bonds. The number of piperazine rings is 1. The molecule has 2 heterocycles. The van der Waals surface area contributed by atoms with Gasteiger partial charge in [0.25, 0.3) is 0 Å². The molecule has 3 atom stereocenters. The van der Waals surface area contributed by atoms with E-state index in [1.165, 1.54) is 9.80 Å². The lowest BCUT2D eigenvalue weighted by Gasteiger charge is -2.48. The van der Waals surface area contributed by atoms with Crippen molar-refractivity contribution < 1.29 is 23.9 Å². The lowest BCUT2D eigenvalue weighted by atomic mass is 10.1. The second-order valence-electron chi connectivity index (χ2n) is 10.4. The fourth-order valence-corrected chi connectivity index (χ4v) is 7.41. The maximum Gasteiger partial charge on any atom is 0.350 e. The Kier molecular flexibility index (Phi) is 7.56. The fraction of sp³-hybridized carbons (Fsp3) is 0.188. The summed E-state index contributed by atoms with van der Waals surface area (Å²) in [6, 6.07) is 34.2. The van der Waals surface area contributed by atoms with Gasteiger partial charge in [-0.05, 0) is 61.4 Å². The van der Waals surface area contributed by atoms with Crippen LogP contribution < -0.4 is 9.80 Å². The number of anilines is 4. The van der Waals surface area contributed by atoms with Crippen LogP contribution in [-0.2, 0) is 4.57 Å². The molecule has 2 fully saturated rings. The highest BCUT2D eigenvalue weighted by Crippen LogP contribution is 2.53. The highest BCUT2D eigenvalue weighted by molar-refractivity contribution is 7.52. The van der Waals surface area contributed by atoms with Crippen LogP contribution in [0.4, 0.5) is 32.3 Å². The largest absolute Gasteiger partial charge is 0.350 e. The lowest BCUT2D eigenvalue weighted by molar-refractivity contribution is 0.0831. The molecule has 2 aliphatic rings. The zero-order valence-electron chi connectivity index (χ0n) is 22.8. The predicted octanol–water partition coefficient (Wildman–Crippen LogP) is 6.56. The van der Waals surface area contributed by atoms with Gasteiger partial charge >= 0.3 is 19.7 Å². The first-order valence-electron chi connectivity index (χ1n) is 13.8. The summed E-state index contributed by atoms with van der Waals surface area (Å²) in [6.07, 6.45) is 0.884. The van der Waals surface area contributed by atoms with E-state index in [0.717, 1.165) is 0 Å². The van der Waals surface area contributed by atoms with Crippen molar-refractivity contribution >= 4 is 42.4 Å². The Balaban J connectivity index is 1.39. The van der Waals surface area contributed by atoms with Crippen LogP contribution in [0.5, 0.6) is 0 Å². The number of fused-ring (bicyclic) bond motifs is 2. The molecule has 2 bridgehead atoms. The summed E-state index contributed by atoms with van der Waals surface area (Å²) >= 11 is 0. The Morgan fingerprint density at radius 1 is 0.619 bits per heavy atom. The molecule has 42 heavy (non-hydrogen) atoms. The highest BCUT2D eigenvalue weighted by Gasteiger charge is 2.57. The Hall–Kier alpha value is -4.43. The maximum atomic E-state index is 14.4. The molecule has 2 aliphatic heterocycles. The van der Waals surface area contributed by atoms with E-state index in [1.807, 2.05) is 72.8 Å². The molecule has 0 radical (unpaired) electrons. The van der Waals surface area contributed by atoms with Crippen LogP contribution in [0.2, 0.25) is 0 Å². The Morgan fingerprint density at radius 2 is 1.00 bits per heavy atom. The molecule has 0 spiro atoms. The van der Waals surface area contributed by atoms with Gasteiger partial charge in [0.15, 0.2) is 5.78 Å². The van der Waals surface area contributed by atoms with E-state index < -0.39 is 31.5 Å². The minimum atomic E-state index is -4.91. The molecular formula is C32H31N4O5P. The first-order chi connectivity index (χ1) is 20.3. The molecule has 0 saturated carbocycles. The molecule has 6 rings (SSSR count). The van der Waals surface area contributed by atoms with Crippen LogP contribution in [0.15, 0.2) is 121 Å². The van der Waals surface area contributed by atoms with E-state index in [1.54, 1.807) is 58.3 Å². The van der Waals surface area contributed by atoms with Gasteiger partial charge in [0.05, 0.1) is 34.8 Å². The van der Waals surface area contributed by atoms with Crippen molar-refractivity contribution in [1.82, 2.24) is 9.80 Å². The van der Waals surface area contributed by atoms with Crippen molar-refractivity contribution in [3.63, 3.8) is 0 Å². The summed E-state index contributed by atoms with van der Waals surface area (Å²) in [5, 5.41) is 0. The summed E-state index contributed by atoms with van der Waals surface area (Å²) in [4.78, 5) is 56.0. The topological polar surface area (TPSA) is 105 Å². The maximum absolute atomic E-state index is 14.4. The molecule has 9 nitrogen and oxygen atoms in total. The Bertz CT molecular complexity index is 1510. The molecule has 2 saturated heterocycles. The van der Waals surface area contributed by atoms with Gasteiger partial charge in [-0.3, -0.25) is 14.4 Å². The molecule has 0 aromatic heterocycles. The first kappa shape index (κ1) is 27.7. The molecule has 2 N–H and O–H groups in total. The number of amides is 4.